The van der Waals surface area contributed by atoms with Crippen LogP contribution in [-0.4, -0.2) is 19.1 Å². The van der Waals surface area contributed by atoms with Crippen LogP contribution in [0.1, 0.15) is 36.0 Å². The number of alkyl halides is 3. The number of ether oxygens (including phenoxy) is 1. The van der Waals surface area contributed by atoms with E-state index < -0.39 is 27.7 Å². The summed E-state index contributed by atoms with van der Waals surface area (Å²) in [6.07, 6.45) is -1.38. The Bertz CT molecular complexity index is 889. The minimum absolute atomic E-state index is 0.0363. The molecule has 0 atom stereocenters. The van der Waals surface area contributed by atoms with E-state index in [1.165, 1.54) is 12.1 Å². The van der Waals surface area contributed by atoms with Crippen LogP contribution < -0.4 is 0 Å². The fraction of sp³-hybridized carbons (Fsp3) is 0.368. The van der Waals surface area contributed by atoms with Crippen LogP contribution in [0.25, 0.3) is 0 Å². The third-order valence-electron chi connectivity index (χ3n) is 4.22. The summed E-state index contributed by atoms with van der Waals surface area (Å²) in [7, 11) is -4.27. The maximum Gasteiger partial charge on any atom is 0.416 e. The van der Waals surface area contributed by atoms with Crippen molar-refractivity contribution in [2.75, 3.05) is 0 Å². The van der Waals surface area contributed by atoms with E-state index in [1.807, 2.05) is 6.92 Å². The second kappa shape index (κ2) is 9.02. The van der Waals surface area contributed by atoms with Crippen LogP contribution in [0.4, 0.5) is 17.6 Å². The van der Waals surface area contributed by atoms with E-state index in [2.05, 4.69) is 0 Å². The minimum Gasteiger partial charge on any atom is -0.744 e. The molecule has 1 aliphatic rings. The smallest absolute Gasteiger partial charge is 0.416 e. The number of rotatable bonds is 4. The molecular formula is C19H19F4O4S-. The number of hydrogen-bond donors (Lipinski definition) is 0. The number of hydrogen-bond acceptors (Lipinski definition) is 4. The topological polar surface area (TPSA) is 66.4 Å². The van der Waals surface area contributed by atoms with Gasteiger partial charge in [0, 0.05) is 5.56 Å². The van der Waals surface area contributed by atoms with Crippen molar-refractivity contribution in [3.05, 3.63) is 65.0 Å². The summed E-state index contributed by atoms with van der Waals surface area (Å²) in [4.78, 5) is -0.178. The van der Waals surface area contributed by atoms with Crippen molar-refractivity contribution >= 4 is 10.1 Å². The quantitative estimate of drug-likeness (QED) is 0.527. The second-order valence-electron chi connectivity index (χ2n) is 6.44. The Morgan fingerprint density at radius 3 is 2.14 bits per heavy atom. The van der Waals surface area contributed by atoms with E-state index in [4.69, 9.17) is 4.74 Å². The van der Waals surface area contributed by atoms with Gasteiger partial charge in [-0.2, -0.15) is 13.2 Å². The molecule has 0 heterocycles. The highest BCUT2D eigenvalue weighted by atomic mass is 32.2. The Morgan fingerprint density at radius 1 is 1.11 bits per heavy atom. The predicted octanol–water partition coefficient (Wildman–Crippen LogP) is 4.81. The van der Waals surface area contributed by atoms with Gasteiger partial charge >= 0.3 is 6.18 Å². The lowest BCUT2D eigenvalue weighted by atomic mass is 9.96. The fourth-order valence-corrected chi connectivity index (χ4v) is 2.76. The molecule has 0 N–H and O–H groups in total. The molecule has 0 bridgehead atoms. The standard InChI is InChI=1S/C12H12F4O.C7H8O3S/c13-11-6-9(12(14,15)16)5-4-8(11)7-17-10-2-1-3-10;1-6-2-4-7(5-3-6)11(8,9)10/h4-6,10H,1-3,7H2;2-5H,1H3,(H,8,9,10)/p-1. The Labute approximate surface area is 160 Å². The molecule has 0 saturated heterocycles. The molecule has 1 fully saturated rings. The first-order chi connectivity index (χ1) is 13.0. The molecule has 0 aromatic heterocycles. The first kappa shape index (κ1) is 22.3. The van der Waals surface area contributed by atoms with Crippen molar-refractivity contribution in [3.8, 4) is 0 Å². The van der Waals surface area contributed by atoms with Crippen LogP contribution >= 0.6 is 0 Å². The van der Waals surface area contributed by atoms with Gasteiger partial charge in [-0.25, -0.2) is 12.8 Å². The molecule has 0 radical (unpaired) electrons. The van der Waals surface area contributed by atoms with Crippen LogP contribution in [0, 0.1) is 12.7 Å². The Balaban J connectivity index is 0.000000221. The average Bonchev–Trinajstić information content (AvgIpc) is 2.54. The maximum absolute atomic E-state index is 13.4. The van der Waals surface area contributed by atoms with Gasteiger partial charge in [-0.1, -0.05) is 23.8 Å². The van der Waals surface area contributed by atoms with Gasteiger partial charge in [0.2, 0.25) is 0 Å². The highest BCUT2D eigenvalue weighted by Crippen LogP contribution is 2.30. The summed E-state index contributed by atoms with van der Waals surface area (Å²) in [6, 6.07) is 8.31. The van der Waals surface area contributed by atoms with Crippen molar-refractivity contribution in [2.24, 2.45) is 0 Å². The van der Waals surface area contributed by atoms with Gasteiger partial charge in [0.15, 0.2) is 0 Å². The lowest BCUT2D eigenvalue weighted by molar-refractivity contribution is -0.137. The number of benzene rings is 2. The second-order valence-corrected chi connectivity index (χ2v) is 7.81. The molecule has 0 amide bonds. The third-order valence-corrected chi connectivity index (χ3v) is 5.07. The summed E-state index contributed by atoms with van der Waals surface area (Å²) < 4.78 is 86.7. The summed E-state index contributed by atoms with van der Waals surface area (Å²) in [5.74, 6) is -0.862. The zero-order valence-corrected chi connectivity index (χ0v) is 15.8. The summed E-state index contributed by atoms with van der Waals surface area (Å²) in [5, 5.41) is 0. The zero-order valence-electron chi connectivity index (χ0n) is 15.0. The van der Waals surface area contributed by atoms with E-state index >= 15 is 0 Å². The molecule has 0 unspecified atom stereocenters. The van der Waals surface area contributed by atoms with Crippen molar-refractivity contribution < 1.29 is 35.3 Å². The summed E-state index contributed by atoms with van der Waals surface area (Å²) >= 11 is 0. The molecule has 0 aliphatic heterocycles. The molecule has 2 aromatic rings. The molecule has 28 heavy (non-hydrogen) atoms. The van der Waals surface area contributed by atoms with Gasteiger partial charge < -0.3 is 9.29 Å². The van der Waals surface area contributed by atoms with Gasteiger partial charge in [0.25, 0.3) is 0 Å². The van der Waals surface area contributed by atoms with Crippen molar-refractivity contribution in [2.45, 2.75) is 50.0 Å². The SMILES string of the molecule is Cc1ccc(S(=O)(=O)[O-])cc1.Fc1cc(C(F)(F)F)ccc1COC1CCC1. The maximum atomic E-state index is 13.4. The first-order valence-electron chi connectivity index (χ1n) is 8.46. The van der Waals surface area contributed by atoms with Crippen molar-refractivity contribution in [3.63, 3.8) is 0 Å². The van der Waals surface area contributed by atoms with E-state index in [9.17, 15) is 30.5 Å². The lowest BCUT2D eigenvalue weighted by Gasteiger charge is -2.25. The van der Waals surface area contributed by atoms with Crippen LogP contribution in [0.5, 0.6) is 0 Å². The van der Waals surface area contributed by atoms with Crippen LogP contribution in [0.15, 0.2) is 47.4 Å². The molecule has 2 aromatic carbocycles. The van der Waals surface area contributed by atoms with Crippen molar-refractivity contribution in [1.29, 1.82) is 0 Å². The summed E-state index contributed by atoms with van der Waals surface area (Å²) in [5.41, 5.74) is 0.129. The molecule has 3 rings (SSSR count). The lowest BCUT2D eigenvalue weighted by Crippen LogP contribution is -2.21. The van der Waals surface area contributed by atoms with Gasteiger partial charge in [-0.15, -0.1) is 0 Å². The zero-order chi connectivity index (χ0) is 20.9. The van der Waals surface area contributed by atoms with Gasteiger partial charge in [-0.3, -0.25) is 0 Å². The molecule has 1 saturated carbocycles. The monoisotopic (exact) mass is 419 g/mol. The van der Waals surface area contributed by atoms with Crippen LogP contribution in [-0.2, 0) is 27.6 Å². The van der Waals surface area contributed by atoms with Crippen molar-refractivity contribution in [1.82, 2.24) is 0 Å². The predicted molar refractivity (Wildman–Crippen MR) is 93.0 cm³/mol. The molecule has 9 heteroatoms. The Morgan fingerprint density at radius 2 is 1.71 bits per heavy atom. The molecule has 154 valence electrons. The van der Waals surface area contributed by atoms with E-state index in [-0.39, 0.29) is 23.2 Å². The Hall–Kier alpha value is -1.97. The molecule has 0 spiro atoms. The van der Waals surface area contributed by atoms with Gasteiger partial charge in [-0.05, 0) is 50.5 Å². The molecular weight excluding hydrogens is 400 g/mol. The van der Waals surface area contributed by atoms with Gasteiger partial charge in [0.05, 0.1) is 23.2 Å². The third kappa shape index (κ3) is 6.57. The van der Waals surface area contributed by atoms with Crippen LogP contribution in [0.3, 0.4) is 0 Å². The summed E-state index contributed by atoms with van der Waals surface area (Å²) in [6.45, 7) is 1.86. The Kier molecular flexibility index (Phi) is 7.19. The molecule has 4 nitrogen and oxygen atoms in total. The number of halogens is 4. The van der Waals surface area contributed by atoms with Gasteiger partial charge in [0.1, 0.15) is 15.9 Å². The fourth-order valence-electron chi connectivity index (χ4n) is 2.29. The largest absolute Gasteiger partial charge is 0.744 e. The minimum atomic E-state index is -4.51. The number of aryl methyl sites for hydroxylation is 1. The average molecular weight is 419 g/mol. The van der Waals surface area contributed by atoms with Crippen LogP contribution in [0.2, 0.25) is 0 Å². The normalized spacial score (nSPS) is 14.8. The first-order valence-corrected chi connectivity index (χ1v) is 9.87. The highest BCUT2D eigenvalue weighted by Gasteiger charge is 2.31. The molecule has 1 aliphatic carbocycles. The van der Waals surface area contributed by atoms with E-state index in [0.717, 1.165) is 37.0 Å². The highest BCUT2D eigenvalue weighted by molar-refractivity contribution is 7.85. The van der Waals surface area contributed by atoms with E-state index in [1.54, 1.807) is 12.1 Å². The van der Waals surface area contributed by atoms with E-state index in [0.29, 0.717) is 6.07 Å².